The first-order valence-electron chi connectivity index (χ1n) is 6.21. The Morgan fingerprint density at radius 3 is 2.95 bits per heavy atom. The largest absolute Gasteiger partial charge is 0.373 e. The number of carbonyl (C=O) groups excluding carboxylic acids is 1. The molecule has 5 nitrogen and oxygen atoms in total. The van der Waals surface area contributed by atoms with E-state index in [0.717, 1.165) is 5.69 Å². The van der Waals surface area contributed by atoms with Gasteiger partial charge in [0.2, 0.25) is 0 Å². The van der Waals surface area contributed by atoms with E-state index in [9.17, 15) is 4.79 Å². The van der Waals surface area contributed by atoms with E-state index < -0.39 is 5.91 Å². The Bertz CT molecular complexity index is 479. The predicted molar refractivity (Wildman–Crippen MR) is 75.6 cm³/mol. The molecule has 4 N–H and O–H groups in total. The summed E-state index contributed by atoms with van der Waals surface area (Å²) in [6.07, 6.45) is -0.0616. The van der Waals surface area contributed by atoms with Gasteiger partial charge in [0, 0.05) is 19.1 Å². The van der Waals surface area contributed by atoms with Gasteiger partial charge in [0.1, 0.15) is 0 Å². The Morgan fingerprint density at radius 2 is 2.32 bits per heavy atom. The smallest absolute Gasteiger partial charge is 0.252 e. The van der Waals surface area contributed by atoms with Crippen LogP contribution in [-0.4, -0.2) is 37.7 Å². The Labute approximate surface area is 117 Å². The first-order chi connectivity index (χ1) is 9.00. The number of amides is 1. The molecule has 1 aromatic rings. The molecule has 1 saturated heterocycles. The summed E-state index contributed by atoms with van der Waals surface area (Å²) in [6, 6.07) is 5.24. The van der Waals surface area contributed by atoms with Gasteiger partial charge in [-0.3, -0.25) is 4.79 Å². The van der Waals surface area contributed by atoms with Crippen molar-refractivity contribution in [3.8, 4) is 0 Å². The summed E-state index contributed by atoms with van der Waals surface area (Å²) in [5.74, 6) is -0.524. The van der Waals surface area contributed by atoms with Crippen LogP contribution in [0.15, 0.2) is 18.2 Å². The van der Waals surface area contributed by atoms with Gasteiger partial charge in [-0.2, -0.15) is 0 Å². The van der Waals surface area contributed by atoms with E-state index in [0.29, 0.717) is 30.3 Å². The molecule has 0 bridgehead atoms. The standard InChI is InChI=1S/C13H18ClN3O2/c1-8(15)11-7-17(5-6-19-11)10-4-2-3-9(14)12(10)13(16)18/h2-4,8,11H,5-7,15H2,1H3,(H2,16,18). The molecule has 1 heterocycles. The number of carbonyl (C=O) groups is 1. The predicted octanol–water partition coefficient (Wildman–Crippen LogP) is 0.991. The number of rotatable bonds is 3. The molecule has 0 saturated carbocycles. The maximum absolute atomic E-state index is 11.6. The zero-order valence-electron chi connectivity index (χ0n) is 10.8. The van der Waals surface area contributed by atoms with Crippen molar-refractivity contribution in [2.24, 2.45) is 11.5 Å². The van der Waals surface area contributed by atoms with Crippen molar-refractivity contribution in [2.45, 2.75) is 19.1 Å². The lowest BCUT2D eigenvalue weighted by Crippen LogP contribution is -2.50. The van der Waals surface area contributed by atoms with Gasteiger partial charge >= 0.3 is 0 Å². The van der Waals surface area contributed by atoms with Crippen LogP contribution >= 0.6 is 11.6 Å². The molecule has 1 fully saturated rings. The summed E-state index contributed by atoms with van der Waals surface area (Å²) >= 11 is 6.06. The number of anilines is 1. The molecule has 1 aliphatic rings. The number of ether oxygens (including phenoxy) is 1. The van der Waals surface area contributed by atoms with Crippen molar-refractivity contribution in [1.82, 2.24) is 0 Å². The van der Waals surface area contributed by atoms with E-state index in [2.05, 4.69) is 0 Å². The molecule has 1 amide bonds. The summed E-state index contributed by atoms with van der Waals surface area (Å²) < 4.78 is 5.61. The van der Waals surface area contributed by atoms with Crippen LogP contribution in [0.3, 0.4) is 0 Å². The van der Waals surface area contributed by atoms with Crippen LogP contribution < -0.4 is 16.4 Å². The second-order valence-corrected chi connectivity index (χ2v) is 5.12. The fourth-order valence-electron chi connectivity index (χ4n) is 2.23. The van der Waals surface area contributed by atoms with Crippen molar-refractivity contribution >= 4 is 23.2 Å². The van der Waals surface area contributed by atoms with Gasteiger partial charge < -0.3 is 21.1 Å². The van der Waals surface area contributed by atoms with Crippen molar-refractivity contribution in [3.63, 3.8) is 0 Å². The van der Waals surface area contributed by atoms with Crippen LogP contribution in [0.25, 0.3) is 0 Å². The summed E-state index contributed by atoms with van der Waals surface area (Å²) in [6.45, 7) is 3.78. The number of hydrogen-bond donors (Lipinski definition) is 2. The number of nitrogens with two attached hydrogens (primary N) is 2. The lowest BCUT2D eigenvalue weighted by molar-refractivity contribution is 0.0275. The van der Waals surface area contributed by atoms with Crippen molar-refractivity contribution in [2.75, 3.05) is 24.6 Å². The highest BCUT2D eigenvalue weighted by Gasteiger charge is 2.26. The molecule has 0 spiro atoms. The van der Waals surface area contributed by atoms with Crippen LogP contribution in [0.2, 0.25) is 5.02 Å². The summed E-state index contributed by atoms with van der Waals surface area (Å²) in [7, 11) is 0. The van der Waals surface area contributed by atoms with E-state index in [1.54, 1.807) is 12.1 Å². The van der Waals surface area contributed by atoms with E-state index in [-0.39, 0.29) is 12.1 Å². The molecule has 0 aromatic heterocycles. The third-order valence-corrected chi connectivity index (χ3v) is 3.57. The van der Waals surface area contributed by atoms with Crippen molar-refractivity contribution in [3.05, 3.63) is 28.8 Å². The molecule has 1 aromatic carbocycles. The first kappa shape index (κ1) is 14.1. The molecule has 0 radical (unpaired) electrons. The average Bonchev–Trinajstić information content (AvgIpc) is 2.38. The van der Waals surface area contributed by atoms with Gasteiger partial charge in [0.05, 0.1) is 29.0 Å². The van der Waals surface area contributed by atoms with Crippen molar-refractivity contribution < 1.29 is 9.53 Å². The number of benzene rings is 1. The average molecular weight is 284 g/mol. The van der Waals surface area contributed by atoms with Crippen LogP contribution in [0.4, 0.5) is 5.69 Å². The molecule has 104 valence electrons. The summed E-state index contributed by atoms with van der Waals surface area (Å²) in [5.41, 5.74) is 12.4. The maximum atomic E-state index is 11.6. The SMILES string of the molecule is CC(N)C1CN(c2cccc(Cl)c2C(N)=O)CCO1. The second-order valence-electron chi connectivity index (χ2n) is 4.71. The minimum Gasteiger partial charge on any atom is -0.373 e. The Balaban J connectivity index is 2.31. The zero-order valence-corrected chi connectivity index (χ0v) is 11.6. The number of hydrogen-bond acceptors (Lipinski definition) is 4. The third kappa shape index (κ3) is 3.00. The Morgan fingerprint density at radius 1 is 1.58 bits per heavy atom. The van der Waals surface area contributed by atoms with E-state index in [1.807, 2.05) is 17.9 Å². The lowest BCUT2D eigenvalue weighted by Gasteiger charge is -2.37. The van der Waals surface area contributed by atoms with Gasteiger partial charge in [-0.25, -0.2) is 0 Å². The molecule has 2 atom stereocenters. The Hall–Kier alpha value is -1.30. The van der Waals surface area contributed by atoms with Crippen molar-refractivity contribution in [1.29, 1.82) is 0 Å². The van der Waals surface area contributed by atoms with Gasteiger partial charge in [-0.05, 0) is 19.1 Å². The molecular formula is C13H18ClN3O2. The number of morpholine rings is 1. The minimum absolute atomic E-state index is 0.0616. The topological polar surface area (TPSA) is 81.6 Å². The highest BCUT2D eigenvalue weighted by Crippen LogP contribution is 2.28. The fraction of sp³-hybridized carbons (Fsp3) is 0.462. The quantitative estimate of drug-likeness (QED) is 0.867. The Kier molecular flexibility index (Phi) is 4.29. The molecular weight excluding hydrogens is 266 g/mol. The van der Waals surface area contributed by atoms with Gasteiger partial charge in [0.25, 0.3) is 5.91 Å². The molecule has 2 unspecified atom stereocenters. The fourth-order valence-corrected chi connectivity index (χ4v) is 2.50. The minimum atomic E-state index is -0.524. The molecule has 0 aliphatic carbocycles. The summed E-state index contributed by atoms with van der Waals surface area (Å²) in [4.78, 5) is 13.6. The number of primary amides is 1. The van der Waals surface area contributed by atoms with E-state index in [4.69, 9.17) is 27.8 Å². The van der Waals surface area contributed by atoms with Gasteiger partial charge in [-0.1, -0.05) is 17.7 Å². The highest BCUT2D eigenvalue weighted by molar-refractivity contribution is 6.34. The monoisotopic (exact) mass is 283 g/mol. The van der Waals surface area contributed by atoms with Crippen LogP contribution in [0.5, 0.6) is 0 Å². The highest BCUT2D eigenvalue weighted by atomic mass is 35.5. The number of nitrogens with zero attached hydrogens (tertiary/aromatic N) is 1. The van der Waals surface area contributed by atoms with Crippen LogP contribution in [0.1, 0.15) is 17.3 Å². The first-order valence-corrected chi connectivity index (χ1v) is 6.59. The molecule has 6 heteroatoms. The van der Waals surface area contributed by atoms with Gasteiger partial charge in [-0.15, -0.1) is 0 Å². The van der Waals surface area contributed by atoms with Crippen LogP contribution in [-0.2, 0) is 4.74 Å². The van der Waals surface area contributed by atoms with Crippen LogP contribution in [0, 0.1) is 0 Å². The zero-order chi connectivity index (χ0) is 14.0. The van der Waals surface area contributed by atoms with E-state index in [1.165, 1.54) is 0 Å². The molecule has 1 aliphatic heterocycles. The second kappa shape index (κ2) is 5.77. The maximum Gasteiger partial charge on any atom is 0.252 e. The molecule has 2 rings (SSSR count). The third-order valence-electron chi connectivity index (χ3n) is 3.26. The normalized spacial score (nSPS) is 21.2. The molecule has 19 heavy (non-hydrogen) atoms. The van der Waals surface area contributed by atoms with Gasteiger partial charge in [0.15, 0.2) is 0 Å². The van der Waals surface area contributed by atoms with E-state index >= 15 is 0 Å². The number of halogens is 1. The summed E-state index contributed by atoms with van der Waals surface area (Å²) in [5, 5.41) is 0.369. The lowest BCUT2D eigenvalue weighted by atomic mass is 10.1.